The maximum Gasteiger partial charge on any atom is 0.240 e. The van der Waals surface area contributed by atoms with Crippen LogP contribution in [-0.4, -0.2) is 53.0 Å². The number of sulfonamides is 1. The highest BCUT2D eigenvalue weighted by atomic mass is 32.2. The summed E-state index contributed by atoms with van der Waals surface area (Å²) < 4.78 is 27.2. The first kappa shape index (κ1) is 18.4. The monoisotopic (exact) mass is 349 g/mol. The summed E-state index contributed by atoms with van der Waals surface area (Å²) >= 11 is 0. The number of carbonyl (C=O) groups is 1. The molecule has 0 aliphatic carbocycles. The van der Waals surface area contributed by atoms with Crippen molar-refractivity contribution in [1.29, 1.82) is 0 Å². The molecule has 0 bridgehead atoms. The average Bonchev–Trinajstić information content (AvgIpc) is 2.58. The molecule has 0 aliphatic rings. The lowest BCUT2D eigenvalue weighted by atomic mass is 10.1. The fourth-order valence-corrected chi connectivity index (χ4v) is 3.37. The van der Waals surface area contributed by atoms with Crippen LogP contribution in [0.1, 0.15) is 6.42 Å². The van der Waals surface area contributed by atoms with E-state index in [9.17, 15) is 13.2 Å². The number of nitrogens with one attached hydrogen (secondary N) is 2. The van der Waals surface area contributed by atoms with Crippen molar-refractivity contribution < 1.29 is 13.2 Å². The van der Waals surface area contributed by atoms with E-state index in [1.54, 1.807) is 30.1 Å². The predicted octanol–water partition coefficient (Wildman–Crippen LogP) is 1.19. The molecule has 2 aromatic carbocycles. The van der Waals surface area contributed by atoms with Crippen molar-refractivity contribution in [2.75, 3.05) is 33.7 Å². The maximum absolute atomic E-state index is 12.4. The van der Waals surface area contributed by atoms with E-state index in [-0.39, 0.29) is 23.8 Å². The molecule has 2 aromatic rings. The van der Waals surface area contributed by atoms with Gasteiger partial charge in [0.25, 0.3) is 0 Å². The number of benzene rings is 2. The lowest BCUT2D eigenvalue weighted by molar-refractivity contribution is -0.129. The summed E-state index contributed by atoms with van der Waals surface area (Å²) in [5.74, 6) is -0.0912. The van der Waals surface area contributed by atoms with Crippen molar-refractivity contribution >= 4 is 26.7 Å². The summed E-state index contributed by atoms with van der Waals surface area (Å²) in [4.78, 5) is 13.7. The minimum absolute atomic E-state index is 0.0812. The SMILES string of the molecule is CNCCN(C)C(=O)CCNS(=O)(=O)c1ccc2ccccc2c1. The summed E-state index contributed by atoms with van der Waals surface area (Å²) in [5, 5.41) is 4.81. The Morgan fingerprint density at radius 3 is 2.50 bits per heavy atom. The van der Waals surface area contributed by atoms with Crippen molar-refractivity contribution in [3.05, 3.63) is 42.5 Å². The van der Waals surface area contributed by atoms with Crippen molar-refractivity contribution in [3.63, 3.8) is 0 Å². The van der Waals surface area contributed by atoms with E-state index >= 15 is 0 Å². The highest BCUT2D eigenvalue weighted by Crippen LogP contribution is 2.18. The van der Waals surface area contributed by atoms with E-state index in [1.807, 2.05) is 31.3 Å². The van der Waals surface area contributed by atoms with Crippen LogP contribution in [0.3, 0.4) is 0 Å². The lowest BCUT2D eigenvalue weighted by Crippen LogP contribution is -2.35. The highest BCUT2D eigenvalue weighted by Gasteiger charge is 2.15. The number of likely N-dealkylation sites (N-methyl/N-ethyl adjacent to an activating group) is 2. The van der Waals surface area contributed by atoms with Gasteiger partial charge in [0, 0.05) is 33.1 Å². The first-order chi connectivity index (χ1) is 11.4. The Morgan fingerprint density at radius 1 is 1.08 bits per heavy atom. The molecule has 24 heavy (non-hydrogen) atoms. The molecule has 2 rings (SSSR count). The van der Waals surface area contributed by atoms with Crippen LogP contribution in [-0.2, 0) is 14.8 Å². The Balaban J connectivity index is 1.96. The molecule has 0 aromatic heterocycles. The van der Waals surface area contributed by atoms with Crippen LogP contribution in [0.25, 0.3) is 10.8 Å². The van der Waals surface area contributed by atoms with Gasteiger partial charge in [0.05, 0.1) is 4.90 Å². The van der Waals surface area contributed by atoms with Crippen LogP contribution in [0.15, 0.2) is 47.4 Å². The number of hydrogen-bond acceptors (Lipinski definition) is 4. The number of rotatable bonds is 8. The van der Waals surface area contributed by atoms with Gasteiger partial charge in [-0.15, -0.1) is 0 Å². The molecule has 0 spiro atoms. The Hall–Kier alpha value is -1.96. The minimum atomic E-state index is -3.62. The first-order valence-corrected chi connectivity index (χ1v) is 9.29. The van der Waals surface area contributed by atoms with E-state index in [0.29, 0.717) is 13.1 Å². The number of amides is 1. The minimum Gasteiger partial charge on any atom is -0.344 e. The highest BCUT2D eigenvalue weighted by molar-refractivity contribution is 7.89. The molecule has 0 aliphatic heterocycles. The van der Waals surface area contributed by atoms with E-state index < -0.39 is 10.0 Å². The van der Waals surface area contributed by atoms with Crippen LogP contribution in [0.2, 0.25) is 0 Å². The number of hydrogen-bond donors (Lipinski definition) is 2. The van der Waals surface area contributed by atoms with Crippen molar-refractivity contribution in [3.8, 4) is 0 Å². The van der Waals surface area contributed by atoms with Crippen molar-refractivity contribution in [2.24, 2.45) is 0 Å². The smallest absolute Gasteiger partial charge is 0.240 e. The second-order valence-corrected chi connectivity index (χ2v) is 7.34. The van der Waals surface area contributed by atoms with Gasteiger partial charge in [0.2, 0.25) is 15.9 Å². The number of fused-ring (bicyclic) bond motifs is 1. The molecule has 0 heterocycles. The van der Waals surface area contributed by atoms with Gasteiger partial charge in [-0.05, 0) is 30.0 Å². The van der Waals surface area contributed by atoms with Crippen LogP contribution in [0, 0.1) is 0 Å². The van der Waals surface area contributed by atoms with E-state index in [4.69, 9.17) is 0 Å². The van der Waals surface area contributed by atoms with Crippen LogP contribution < -0.4 is 10.0 Å². The third kappa shape index (κ3) is 4.77. The fraction of sp³-hybridized carbons (Fsp3) is 0.353. The summed E-state index contributed by atoms with van der Waals surface area (Å²) in [5.41, 5.74) is 0. The lowest BCUT2D eigenvalue weighted by Gasteiger charge is -2.17. The number of nitrogens with zero attached hydrogens (tertiary/aromatic N) is 1. The predicted molar refractivity (Wildman–Crippen MR) is 95.3 cm³/mol. The standard InChI is InChI=1S/C17H23N3O3S/c1-18-11-12-20(2)17(21)9-10-19-24(22,23)16-8-7-14-5-3-4-6-15(14)13-16/h3-8,13,18-19H,9-12H2,1-2H3. The second-order valence-electron chi connectivity index (χ2n) is 5.58. The topological polar surface area (TPSA) is 78.5 Å². The summed E-state index contributed by atoms with van der Waals surface area (Å²) in [6.45, 7) is 1.37. The Kier molecular flexibility index (Phi) is 6.30. The third-order valence-corrected chi connectivity index (χ3v) is 5.24. The summed E-state index contributed by atoms with van der Waals surface area (Å²) in [6.07, 6.45) is 0.132. The van der Waals surface area contributed by atoms with Gasteiger partial charge in [-0.25, -0.2) is 13.1 Å². The third-order valence-electron chi connectivity index (χ3n) is 3.79. The molecule has 0 atom stereocenters. The molecule has 0 radical (unpaired) electrons. The van der Waals surface area contributed by atoms with Gasteiger partial charge in [-0.3, -0.25) is 4.79 Å². The van der Waals surface area contributed by atoms with E-state index in [2.05, 4.69) is 10.0 Å². The largest absolute Gasteiger partial charge is 0.344 e. The molecule has 7 heteroatoms. The molecular weight excluding hydrogens is 326 g/mol. The molecule has 1 amide bonds. The van der Waals surface area contributed by atoms with Crippen LogP contribution in [0.5, 0.6) is 0 Å². The summed E-state index contributed by atoms with van der Waals surface area (Å²) in [6, 6.07) is 12.6. The molecule has 130 valence electrons. The van der Waals surface area contributed by atoms with Crippen molar-refractivity contribution in [1.82, 2.24) is 14.9 Å². The van der Waals surface area contributed by atoms with E-state index in [1.165, 1.54) is 0 Å². The average molecular weight is 349 g/mol. The van der Waals surface area contributed by atoms with Gasteiger partial charge < -0.3 is 10.2 Å². The Labute approximate surface area is 142 Å². The fourth-order valence-electron chi connectivity index (χ4n) is 2.31. The maximum atomic E-state index is 12.4. The molecular formula is C17H23N3O3S. The van der Waals surface area contributed by atoms with Gasteiger partial charge in [0.1, 0.15) is 0 Å². The molecule has 0 unspecified atom stereocenters. The normalized spacial score (nSPS) is 11.6. The molecule has 0 saturated heterocycles. The van der Waals surface area contributed by atoms with Crippen LogP contribution >= 0.6 is 0 Å². The second kappa shape index (κ2) is 8.23. The molecule has 2 N–H and O–H groups in total. The molecule has 6 nitrogen and oxygen atoms in total. The van der Waals surface area contributed by atoms with Crippen molar-refractivity contribution in [2.45, 2.75) is 11.3 Å². The zero-order valence-corrected chi connectivity index (χ0v) is 14.8. The van der Waals surface area contributed by atoms with Crippen LogP contribution in [0.4, 0.5) is 0 Å². The first-order valence-electron chi connectivity index (χ1n) is 7.81. The summed E-state index contributed by atoms with van der Waals surface area (Å²) in [7, 11) is -0.102. The van der Waals surface area contributed by atoms with Gasteiger partial charge in [0.15, 0.2) is 0 Å². The Morgan fingerprint density at radius 2 is 1.79 bits per heavy atom. The quantitative estimate of drug-likeness (QED) is 0.750. The zero-order chi connectivity index (χ0) is 17.6. The van der Waals surface area contributed by atoms with Gasteiger partial charge in [-0.1, -0.05) is 30.3 Å². The number of carbonyl (C=O) groups excluding carboxylic acids is 1. The van der Waals surface area contributed by atoms with Gasteiger partial charge >= 0.3 is 0 Å². The molecule has 0 fully saturated rings. The van der Waals surface area contributed by atoms with Gasteiger partial charge in [-0.2, -0.15) is 0 Å². The zero-order valence-electron chi connectivity index (χ0n) is 14.0. The molecule has 0 saturated carbocycles. The van der Waals surface area contributed by atoms with E-state index in [0.717, 1.165) is 10.8 Å². The Bertz CT molecular complexity index is 806.